The van der Waals surface area contributed by atoms with Crippen molar-refractivity contribution >= 4 is 34.3 Å². The Labute approximate surface area is 74.3 Å². The lowest BCUT2D eigenvalue weighted by Crippen LogP contribution is -1.85. The minimum Gasteiger partial charge on any atom is -0.276 e. The lowest BCUT2D eigenvalue weighted by molar-refractivity contribution is -0.108. The molecule has 0 aromatic carbocycles. The van der Waals surface area contributed by atoms with E-state index >= 15 is 0 Å². The van der Waals surface area contributed by atoms with E-state index in [2.05, 4.69) is 0 Å². The Morgan fingerprint density at radius 3 is 2.91 bits per heavy atom. The first-order valence-corrected chi connectivity index (χ1v) is 4.37. The number of hydrogen-bond acceptors (Lipinski definition) is 2. The monoisotopic (exact) mass is 186 g/mol. The van der Waals surface area contributed by atoms with E-state index in [-0.39, 0.29) is 0 Å². The van der Waals surface area contributed by atoms with E-state index in [9.17, 15) is 4.79 Å². The predicted octanol–water partition coefficient (Wildman–Crippen LogP) is 2.92. The summed E-state index contributed by atoms with van der Waals surface area (Å²) in [6.45, 7) is 1.70. The second kappa shape index (κ2) is 3.69. The number of halogens is 1. The first kappa shape index (κ1) is 8.50. The van der Waals surface area contributed by atoms with Gasteiger partial charge in [-0.1, -0.05) is 6.07 Å². The van der Waals surface area contributed by atoms with E-state index in [1.165, 1.54) is 0 Å². The molecule has 1 aromatic heterocycles. The van der Waals surface area contributed by atoms with Gasteiger partial charge in [-0.25, -0.2) is 0 Å². The first-order valence-electron chi connectivity index (χ1n) is 3.12. The maximum absolute atomic E-state index is 10.6. The molecule has 1 heterocycles. The molecular formula is C8H7ClOS. The number of allylic oxidation sites excluding steroid dienone is 1. The van der Waals surface area contributed by atoms with Gasteiger partial charge in [0.25, 0.3) is 0 Å². The van der Waals surface area contributed by atoms with Crippen LogP contribution < -0.4 is 0 Å². The van der Waals surface area contributed by atoms with Gasteiger partial charge in [0.15, 0.2) is 0 Å². The van der Waals surface area contributed by atoms with Crippen LogP contribution in [0.25, 0.3) is 6.08 Å². The summed E-state index contributed by atoms with van der Waals surface area (Å²) in [5, 5.41) is 1.57. The summed E-state index contributed by atoms with van der Waals surface area (Å²) in [5.41, 5.74) is 0.578. The fraction of sp³-hybridized carbons (Fsp3) is 0.125. The maximum Gasteiger partial charge on any atom is 0.248 e. The number of thiophene rings is 1. The van der Waals surface area contributed by atoms with Crippen LogP contribution in [-0.4, -0.2) is 5.24 Å². The summed E-state index contributed by atoms with van der Waals surface area (Å²) in [7, 11) is 0. The third-order valence-corrected chi connectivity index (χ3v) is 2.33. The molecule has 0 atom stereocenters. The van der Waals surface area contributed by atoms with Gasteiger partial charge in [0.2, 0.25) is 5.24 Å². The Morgan fingerprint density at radius 2 is 2.45 bits per heavy atom. The molecule has 0 spiro atoms. The molecule has 11 heavy (non-hydrogen) atoms. The van der Waals surface area contributed by atoms with E-state index in [1.807, 2.05) is 17.5 Å². The third kappa shape index (κ3) is 2.48. The minimum absolute atomic E-state index is 0.390. The van der Waals surface area contributed by atoms with Crippen molar-refractivity contribution in [3.63, 3.8) is 0 Å². The fourth-order valence-electron chi connectivity index (χ4n) is 0.644. The zero-order chi connectivity index (χ0) is 8.27. The highest BCUT2D eigenvalue weighted by molar-refractivity contribution is 7.10. The molecule has 58 valence electrons. The van der Waals surface area contributed by atoms with Crippen molar-refractivity contribution in [2.75, 3.05) is 0 Å². The van der Waals surface area contributed by atoms with E-state index in [4.69, 9.17) is 11.6 Å². The Bertz CT molecular complexity index is 274. The summed E-state index contributed by atoms with van der Waals surface area (Å²) in [5.74, 6) is 0. The van der Waals surface area contributed by atoms with Gasteiger partial charge in [-0.3, -0.25) is 4.79 Å². The van der Waals surface area contributed by atoms with Crippen LogP contribution >= 0.6 is 22.9 Å². The maximum atomic E-state index is 10.6. The molecule has 0 aliphatic heterocycles. The van der Waals surface area contributed by atoms with Crippen LogP contribution in [0.5, 0.6) is 0 Å². The molecule has 0 fully saturated rings. The van der Waals surface area contributed by atoms with Crippen molar-refractivity contribution in [2.24, 2.45) is 0 Å². The van der Waals surface area contributed by atoms with Crippen molar-refractivity contribution < 1.29 is 4.79 Å². The smallest absolute Gasteiger partial charge is 0.248 e. The lowest BCUT2D eigenvalue weighted by Gasteiger charge is -1.88. The molecule has 0 aliphatic carbocycles. The average Bonchev–Trinajstić information content (AvgIpc) is 2.39. The molecule has 1 aromatic rings. The van der Waals surface area contributed by atoms with E-state index in [1.54, 1.807) is 24.3 Å². The standard InChI is InChI=1S/C8H7ClOS/c1-6(8(9)10)5-7-3-2-4-11-7/h2-5H,1H3/b6-5-. The fourth-order valence-corrected chi connectivity index (χ4v) is 1.41. The van der Waals surface area contributed by atoms with Gasteiger partial charge in [-0.2, -0.15) is 0 Å². The summed E-state index contributed by atoms with van der Waals surface area (Å²) < 4.78 is 0. The van der Waals surface area contributed by atoms with Crippen LogP contribution in [-0.2, 0) is 4.79 Å². The van der Waals surface area contributed by atoms with Crippen LogP contribution in [0.3, 0.4) is 0 Å². The molecule has 0 saturated carbocycles. The Morgan fingerprint density at radius 1 is 1.73 bits per heavy atom. The molecule has 0 N–H and O–H groups in total. The van der Waals surface area contributed by atoms with Crippen LogP contribution in [0.1, 0.15) is 11.8 Å². The minimum atomic E-state index is -0.390. The molecule has 0 radical (unpaired) electrons. The summed E-state index contributed by atoms with van der Waals surface area (Å²) in [6, 6.07) is 3.87. The van der Waals surface area contributed by atoms with Gasteiger partial charge in [-0.05, 0) is 36.0 Å². The number of hydrogen-bond donors (Lipinski definition) is 0. The third-order valence-electron chi connectivity index (χ3n) is 1.21. The second-order valence-electron chi connectivity index (χ2n) is 2.12. The van der Waals surface area contributed by atoms with Crippen molar-refractivity contribution in [3.05, 3.63) is 28.0 Å². The molecule has 0 bridgehead atoms. The zero-order valence-corrected chi connectivity index (χ0v) is 7.58. The van der Waals surface area contributed by atoms with Crippen molar-refractivity contribution in [2.45, 2.75) is 6.92 Å². The molecule has 0 amide bonds. The lowest BCUT2D eigenvalue weighted by atomic mass is 10.3. The first-order chi connectivity index (χ1) is 5.20. The average molecular weight is 187 g/mol. The van der Waals surface area contributed by atoms with E-state index in [0.29, 0.717) is 5.57 Å². The summed E-state index contributed by atoms with van der Waals surface area (Å²) >= 11 is 6.82. The van der Waals surface area contributed by atoms with Gasteiger partial charge >= 0.3 is 0 Å². The van der Waals surface area contributed by atoms with E-state index < -0.39 is 5.24 Å². The Hall–Kier alpha value is -0.600. The van der Waals surface area contributed by atoms with E-state index in [0.717, 1.165) is 4.88 Å². The molecule has 0 unspecified atom stereocenters. The summed E-state index contributed by atoms with van der Waals surface area (Å²) in [6.07, 6.45) is 1.78. The number of carbonyl (C=O) groups is 1. The van der Waals surface area contributed by atoms with Crippen molar-refractivity contribution in [1.29, 1.82) is 0 Å². The highest BCUT2D eigenvalue weighted by atomic mass is 35.5. The topological polar surface area (TPSA) is 17.1 Å². The molecule has 3 heteroatoms. The van der Waals surface area contributed by atoms with Gasteiger partial charge < -0.3 is 0 Å². The predicted molar refractivity (Wildman–Crippen MR) is 48.8 cm³/mol. The molecule has 1 rings (SSSR count). The zero-order valence-electron chi connectivity index (χ0n) is 6.00. The quantitative estimate of drug-likeness (QED) is 0.513. The van der Waals surface area contributed by atoms with Gasteiger partial charge in [-0.15, -0.1) is 11.3 Å². The van der Waals surface area contributed by atoms with Crippen LogP contribution in [0.4, 0.5) is 0 Å². The number of carbonyl (C=O) groups excluding carboxylic acids is 1. The van der Waals surface area contributed by atoms with Crippen molar-refractivity contribution in [3.8, 4) is 0 Å². The summed E-state index contributed by atoms with van der Waals surface area (Å²) in [4.78, 5) is 11.6. The molecule has 0 aliphatic rings. The normalized spacial score (nSPS) is 11.6. The van der Waals surface area contributed by atoms with Crippen LogP contribution in [0, 0.1) is 0 Å². The van der Waals surface area contributed by atoms with Gasteiger partial charge in [0.05, 0.1) is 0 Å². The van der Waals surface area contributed by atoms with Gasteiger partial charge in [0.1, 0.15) is 0 Å². The van der Waals surface area contributed by atoms with Crippen molar-refractivity contribution in [1.82, 2.24) is 0 Å². The Kier molecular flexibility index (Phi) is 2.85. The second-order valence-corrected chi connectivity index (χ2v) is 3.44. The highest BCUT2D eigenvalue weighted by Crippen LogP contribution is 2.13. The van der Waals surface area contributed by atoms with Crippen LogP contribution in [0.15, 0.2) is 23.1 Å². The van der Waals surface area contributed by atoms with Gasteiger partial charge in [0, 0.05) is 10.5 Å². The Balaban J connectivity index is 2.82. The number of rotatable bonds is 2. The van der Waals surface area contributed by atoms with Crippen LogP contribution in [0.2, 0.25) is 0 Å². The molecule has 1 nitrogen and oxygen atoms in total. The molecular weight excluding hydrogens is 180 g/mol. The molecule has 0 saturated heterocycles. The largest absolute Gasteiger partial charge is 0.276 e. The SMILES string of the molecule is C/C(=C/c1cccs1)C(=O)Cl. The highest BCUT2D eigenvalue weighted by Gasteiger charge is 1.98.